The second kappa shape index (κ2) is 4.89. The molecule has 0 aliphatic carbocycles. The molecule has 1 aromatic heterocycles. The van der Waals surface area contributed by atoms with Crippen LogP contribution in [0.2, 0.25) is 0 Å². The van der Waals surface area contributed by atoms with Crippen molar-refractivity contribution in [3.05, 3.63) is 40.9 Å². The quantitative estimate of drug-likeness (QED) is 0.772. The van der Waals surface area contributed by atoms with Crippen LogP contribution in [0.3, 0.4) is 0 Å². The Balaban J connectivity index is 2.13. The van der Waals surface area contributed by atoms with Gasteiger partial charge in [0.15, 0.2) is 0 Å². The van der Waals surface area contributed by atoms with Crippen LogP contribution in [0.25, 0.3) is 0 Å². The summed E-state index contributed by atoms with van der Waals surface area (Å²) in [6.07, 6.45) is 5.01. The van der Waals surface area contributed by atoms with Crippen molar-refractivity contribution in [1.82, 2.24) is 4.98 Å². The molecule has 2 heterocycles. The molecule has 1 aliphatic rings. The standard InChI is InChI=1S/C11H13NS2/c1-2-10(11-13-6-7-14-11)9-4-3-5-12-8-9/h3-8,10-11H,2H2,1H3. The Morgan fingerprint density at radius 2 is 2.21 bits per heavy atom. The van der Waals surface area contributed by atoms with E-state index in [9.17, 15) is 0 Å². The first-order valence-electron chi connectivity index (χ1n) is 4.77. The minimum absolute atomic E-state index is 0.619. The Kier molecular flexibility index (Phi) is 3.54. The summed E-state index contributed by atoms with van der Waals surface area (Å²) in [4.78, 5) is 4.19. The van der Waals surface area contributed by atoms with Gasteiger partial charge in [-0.15, -0.1) is 23.5 Å². The predicted molar refractivity (Wildman–Crippen MR) is 65.4 cm³/mol. The maximum Gasteiger partial charge on any atom is 0.0654 e. The fraction of sp³-hybridized carbons (Fsp3) is 0.364. The number of thioether (sulfide) groups is 2. The van der Waals surface area contributed by atoms with Crippen LogP contribution in [0.15, 0.2) is 35.3 Å². The van der Waals surface area contributed by atoms with Gasteiger partial charge in [0.05, 0.1) is 4.58 Å². The first kappa shape index (κ1) is 10.1. The number of nitrogens with zero attached hydrogens (tertiary/aromatic N) is 1. The van der Waals surface area contributed by atoms with Crippen LogP contribution >= 0.6 is 23.5 Å². The molecule has 0 N–H and O–H groups in total. The van der Waals surface area contributed by atoms with E-state index >= 15 is 0 Å². The molecule has 0 fully saturated rings. The minimum atomic E-state index is 0.619. The first-order chi connectivity index (χ1) is 6.92. The van der Waals surface area contributed by atoms with E-state index < -0.39 is 0 Å². The highest BCUT2D eigenvalue weighted by atomic mass is 32.2. The normalized spacial score (nSPS) is 18.6. The SMILES string of the molecule is CCC(c1cccnc1)C1SC=CS1. The van der Waals surface area contributed by atoms with Gasteiger partial charge in [-0.3, -0.25) is 4.98 Å². The zero-order chi connectivity index (χ0) is 9.80. The van der Waals surface area contributed by atoms with Gasteiger partial charge in [-0.1, -0.05) is 13.0 Å². The molecule has 0 radical (unpaired) electrons. The van der Waals surface area contributed by atoms with Gasteiger partial charge in [0.25, 0.3) is 0 Å². The molecule has 0 aromatic carbocycles. The average molecular weight is 223 g/mol. The molecule has 1 atom stereocenters. The molecule has 74 valence electrons. The Morgan fingerprint density at radius 3 is 2.79 bits per heavy atom. The summed E-state index contributed by atoms with van der Waals surface area (Å²) in [5, 5.41) is 4.38. The number of aromatic nitrogens is 1. The van der Waals surface area contributed by atoms with E-state index in [1.807, 2.05) is 42.0 Å². The fourth-order valence-electron chi connectivity index (χ4n) is 1.62. The van der Waals surface area contributed by atoms with Gasteiger partial charge in [0.1, 0.15) is 0 Å². The summed E-state index contributed by atoms with van der Waals surface area (Å²) in [5.74, 6) is 0.619. The summed E-state index contributed by atoms with van der Waals surface area (Å²) >= 11 is 3.85. The van der Waals surface area contributed by atoms with Crippen molar-refractivity contribution in [2.24, 2.45) is 0 Å². The van der Waals surface area contributed by atoms with Crippen LogP contribution < -0.4 is 0 Å². The highest BCUT2D eigenvalue weighted by molar-refractivity contribution is 8.22. The molecule has 14 heavy (non-hydrogen) atoms. The highest BCUT2D eigenvalue weighted by Gasteiger charge is 2.23. The van der Waals surface area contributed by atoms with E-state index in [0.29, 0.717) is 10.5 Å². The smallest absolute Gasteiger partial charge is 0.0654 e. The van der Waals surface area contributed by atoms with Gasteiger partial charge in [0, 0.05) is 18.3 Å². The average Bonchev–Trinajstić information content (AvgIpc) is 2.74. The van der Waals surface area contributed by atoms with Gasteiger partial charge < -0.3 is 0 Å². The molecule has 3 heteroatoms. The van der Waals surface area contributed by atoms with E-state index in [4.69, 9.17) is 0 Å². The lowest BCUT2D eigenvalue weighted by molar-refractivity contribution is 0.720. The van der Waals surface area contributed by atoms with Gasteiger partial charge in [-0.05, 0) is 28.9 Å². The van der Waals surface area contributed by atoms with E-state index in [-0.39, 0.29) is 0 Å². The summed E-state index contributed by atoms with van der Waals surface area (Å²) in [7, 11) is 0. The van der Waals surface area contributed by atoms with Gasteiger partial charge in [-0.2, -0.15) is 0 Å². The van der Waals surface area contributed by atoms with Crippen molar-refractivity contribution in [3.8, 4) is 0 Å². The summed E-state index contributed by atoms with van der Waals surface area (Å²) in [6, 6.07) is 4.20. The number of pyridine rings is 1. The Morgan fingerprint density at radius 1 is 1.43 bits per heavy atom. The lowest BCUT2D eigenvalue weighted by Crippen LogP contribution is -2.08. The second-order valence-corrected chi connectivity index (χ2v) is 5.62. The molecule has 1 nitrogen and oxygen atoms in total. The molecule has 1 aliphatic heterocycles. The summed E-state index contributed by atoms with van der Waals surface area (Å²) < 4.78 is 0.643. The molecule has 0 saturated carbocycles. The van der Waals surface area contributed by atoms with Crippen LogP contribution in [0.5, 0.6) is 0 Å². The third-order valence-corrected chi connectivity index (χ3v) is 4.98. The molecule has 0 bridgehead atoms. The molecule has 1 unspecified atom stereocenters. The zero-order valence-corrected chi connectivity index (χ0v) is 9.72. The molecular formula is C11H13NS2. The second-order valence-electron chi connectivity index (χ2n) is 3.21. The molecule has 0 saturated heterocycles. The van der Waals surface area contributed by atoms with Crippen molar-refractivity contribution in [3.63, 3.8) is 0 Å². The van der Waals surface area contributed by atoms with Crippen LogP contribution in [0.1, 0.15) is 24.8 Å². The van der Waals surface area contributed by atoms with E-state index in [0.717, 1.165) is 0 Å². The van der Waals surface area contributed by atoms with E-state index in [1.54, 1.807) is 0 Å². The topological polar surface area (TPSA) is 12.9 Å². The lowest BCUT2D eigenvalue weighted by atomic mass is 10.0. The van der Waals surface area contributed by atoms with Crippen molar-refractivity contribution < 1.29 is 0 Å². The summed E-state index contributed by atoms with van der Waals surface area (Å²) in [6.45, 7) is 2.25. The third-order valence-electron chi connectivity index (χ3n) is 2.36. The third kappa shape index (κ3) is 2.15. The Hall–Kier alpha value is -0.410. The Labute approximate surface area is 93.4 Å². The molecule has 0 amide bonds. The molecule has 1 aromatic rings. The molecule has 2 rings (SSSR count). The number of hydrogen-bond donors (Lipinski definition) is 0. The van der Waals surface area contributed by atoms with Crippen molar-refractivity contribution in [1.29, 1.82) is 0 Å². The van der Waals surface area contributed by atoms with Crippen molar-refractivity contribution >= 4 is 23.5 Å². The van der Waals surface area contributed by atoms with Gasteiger partial charge in [0.2, 0.25) is 0 Å². The fourth-order valence-corrected chi connectivity index (χ4v) is 4.16. The maximum atomic E-state index is 4.19. The van der Waals surface area contributed by atoms with Crippen LogP contribution in [-0.4, -0.2) is 9.57 Å². The number of rotatable bonds is 3. The highest BCUT2D eigenvalue weighted by Crippen LogP contribution is 2.43. The monoisotopic (exact) mass is 223 g/mol. The van der Waals surface area contributed by atoms with E-state index in [2.05, 4.69) is 28.8 Å². The van der Waals surface area contributed by atoms with Crippen LogP contribution in [0, 0.1) is 0 Å². The van der Waals surface area contributed by atoms with Crippen LogP contribution in [0.4, 0.5) is 0 Å². The van der Waals surface area contributed by atoms with E-state index in [1.165, 1.54) is 12.0 Å². The summed E-state index contributed by atoms with van der Waals surface area (Å²) in [5.41, 5.74) is 1.36. The maximum absolute atomic E-state index is 4.19. The molecule has 0 spiro atoms. The predicted octanol–water partition coefficient (Wildman–Crippen LogP) is 3.85. The van der Waals surface area contributed by atoms with Gasteiger partial charge in [-0.25, -0.2) is 0 Å². The number of hydrogen-bond acceptors (Lipinski definition) is 3. The first-order valence-corrected chi connectivity index (χ1v) is 6.66. The largest absolute Gasteiger partial charge is 0.264 e. The van der Waals surface area contributed by atoms with Gasteiger partial charge >= 0.3 is 0 Å². The van der Waals surface area contributed by atoms with Crippen LogP contribution in [-0.2, 0) is 0 Å². The van der Waals surface area contributed by atoms with Crippen molar-refractivity contribution in [2.45, 2.75) is 23.8 Å². The lowest BCUT2D eigenvalue weighted by Gasteiger charge is -2.20. The minimum Gasteiger partial charge on any atom is -0.264 e. The Bertz CT molecular complexity index is 302. The van der Waals surface area contributed by atoms with Crippen molar-refractivity contribution in [2.75, 3.05) is 0 Å². The zero-order valence-electron chi connectivity index (χ0n) is 8.09. The molecular weight excluding hydrogens is 210 g/mol.